The number of carbonyl (C=O) groups is 1. The van der Waals surface area contributed by atoms with Crippen molar-refractivity contribution in [2.45, 2.75) is 20.8 Å². The van der Waals surface area contributed by atoms with Gasteiger partial charge in [0, 0.05) is 5.56 Å². The second-order valence-electron chi connectivity index (χ2n) is 4.11. The molecular formula is C15H17NO3S. The number of hydrogen-bond donors (Lipinski definition) is 0. The first-order valence-corrected chi connectivity index (χ1v) is 7.35. The Kier molecular flexibility index (Phi) is 4.74. The predicted octanol–water partition coefficient (Wildman–Crippen LogP) is 3.69. The van der Waals surface area contributed by atoms with E-state index in [0.29, 0.717) is 23.8 Å². The third kappa shape index (κ3) is 3.17. The van der Waals surface area contributed by atoms with Crippen LogP contribution in [0.5, 0.6) is 5.75 Å². The molecule has 0 spiro atoms. The topological polar surface area (TPSA) is 48.4 Å². The van der Waals surface area contributed by atoms with Gasteiger partial charge in [0.25, 0.3) is 0 Å². The molecule has 0 atom stereocenters. The van der Waals surface area contributed by atoms with E-state index in [-0.39, 0.29) is 5.97 Å². The van der Waals surface area contributed by atoms with Crippen molar-refractivity contribution in [3.05, 3.63) is 34.8 Å². The van der Waals surface area contributed by atoms with Gasteiger partial charge in [0.1, 0.15) is 15.6 Å². The Morgan fingerprint density at radius 1 is 1.30 bits per heavy atom. The molecule has 0 unspecified atom stereocenters. The van der Waals surface area contributed by atoms with E-state index in [1.54, 1.807) is 6.92 Å². The maximum atomic E-state index is 11.8. The van der Waals surface area contributed by atoms with Gasteiger partial charge in [-0.1, -0.05) is 12.1 Å². The minimum Gasteiger partial charge on any atom is -0.494 e. The number of aromatic nitrogens is 1. The zero-order chi connectivity index (χ0) is 14.5. The van der Waals surface area contributed by atoms with Crippen LogP contribution in [0.4, 0.5) is 0 Å². The summed E-state index contributed by atoms with van der Waals surface area (Å²) in [6.45, 7) is 6.54. The van der Waals surface area contributed by atoms with Crippen molar-refractivity contribution in [2.24, 2.45) is 0 Å². The average Bonchev–Trinajstić information content (AvgIpc) is 2.82. The van der Waals surface area contributed by atoms with Gasteiger partial charge in [-0.05, 0) is 32.9 Å². The summed E-state index contributed by atoms with van der Waals surface area (Å²) in [5.74, 6) is 0.491. The first-order valence-electron chi connectivity index (χ1n) is 6.53. The molecule has 1 heterocycles. The Morgan fingerprint density at radius 2 is 2.10 bits per heavy atom. The second-order valence-corrected chi connectivity index (χ2v) is 5.11. The molecule has 0 radical (unpaired) electrons. The fourth-order valence-corrected chi connectivity index (χ4v) is 2.75. The number of benzene rings is 1. The summed E-state index contributed by atoms with van der Waals surface area (Å²) in [6.07, 6.45) is 0. The SMILES string of the molecule is CCOC(=O)c1sc(-c2cccc(OCC)c2)nc1C. The molecule has 0 fully saturated rings. The molecule has 5 heteroatoms. The number of aryl methyl sites for hydroxylation is 1. The lowest BCUT2D eigenvalue weighted by Crippen LogP contribution is -2.03. The third-order valence-corrected chi connectivity index (χ3v) is 3.84. The lowest BCUT2D eigenvalue weighted by Gasteiger charge is -2.03. The van der Waals surface area contributed by atoms with E-state index < -0.39 is 0 Å². The Balaban J connectivity index is 2.31. The van der Waals surface area contributed by atoms with E-state index in [2.05, 4.69) is 4.98 Å². The summed E-state index contributed by atoms with van der Waals surface area (Å²) >= 11 is 1.35. The first kappa shape index (κ1) is 14.5. The number of nitrogens with zero attached hydrogens (tertiary/aromatic N) is 1. The second kappa shape index (κ2) is 6.52. The Hall–Kier alpha value is -1.88. The smallest absolute Gasteiger partial charge is 0.350 e. The van der Waals surface area contributed by atoms with E-state index in [0.717, 1.165) is 16.3 Å². The van der Waals surface area contributed by atoms with Gasteiger partial charge < -0.3 is 9.47 Å². The Morgan fingerprint density at radius 3 is 2.80 bits per heavy atom. The lowest BCUT2D eigenvalue weighted by molar-refractivity contribution is 0.0531. The molecular weight excluding hydrogens is 274 g/mol. The van der Waals surface area contributed by atoms with Crippen LogP contribution in [0, 0.1) is 6.92 Å². The molecule has 0 aliphatic carbocycles. The van der Waals surface area contributed by atoms with Gasteiger partial charge in [-0.2, -0.15) is 0 Å². The van der Waals surface area contributed by atoms with Gasteiger partial charge in [0.15, 0.2) is 0 Å². The zero-order valence-electron chi connectivity index (χ0n) is 11.8. The molecule has 1 aromatic carbocycles. The maximum Gasteiger partial charge on any atom is 0.350 e. The Bertz CT molecular complexity index is 607. The molecule has 2 rings (SSSR count). The van der Waals surface area contributed by atoms with E-state index >= 15 is 0 Å². The summed E-state index contributed by atoms with van der Waals surface area (Å²) in [6, 6.07) is 7.70. The molecule has 106 valence electrons. The van der Waals surface area contributed by atoms with Gasteiger partial charge in [0.2, 0.25) is 0 Å². The van der Waals surface area contributed by atoms with E-state index in [1.165, 1.54) is 11.3 Å². The fourth-order valence-electron chi connectivity index (χ4n) is 1.79. The van der Waals surface area contributed by atoms with Crippen LogP contribution < -0.4 is 4.74 Å². The van der Waals surface area contributed by atoms with Crippen LogP contribution in [0.2, 0.25) is 0 Å². The highest BCUT2D eigenvalue weighted by molar-refractivity contribution is 7.17. The van der Waals surface area contributed by atoms with Crippen molar-refractivity contribution in [3.8, 4) is 16.3 Å². The average molecular weight is 291 g/mol. The summed E-state index contributed by atoms with van der Waals surface area (Å²) in [5, 5.41) is 0.798. The first-order chi connectivity index (χ1) is 9.65. The van der Waals surface area contributed by atoms with Crippen LogP contribution >= 0.6 is 11.3 Å². The number of hydrogen-bond acceptors (Lipinski definition) is 5. The van der Waals surface area contributed by atoms with Crippen molar-refractivity contribution in [1.29, 1.82) is 0 Å². The van der Waals surface area contributed by atoms with Gasteiger partial charge in [-0.3, -0.25) is 0 Å². The summed E-state index contributed by atoms with van der Waals surface area (Å²) < 4.78 is 10.5. The van der Waals surface area contributed by atoms with E-state index in [1.807, 2.05) is 38.1 Å². The van der Waals surface area contributed by atoms with Gasteiger partial charge in [-0.15, -0.1) is 11.3 Å². The summed E-state index contributed by atoms with van der Waals surface area (Å²) in [4.78, 5) is 16.8. The molecule has 0 bridgehead atoms. The Labute approximate surface area is 122 Å². The van der Waals surface area contributed by atoms with Crippen LogP contribution in [0.15, 0.2) is 24.3 Å². The monoisotopic (exact) mass is 291 g/mol. The van der Waals surface area contributed by atoms with E-state index in [4.69, 9.17) is 9.47 Å². The molecule has 0 N–H and O–H groups in total. The van der Waals surface area contributed by atoms with Gasteiger partial charge in [-0.25, -0.2) is 9.78 Å². The van der Waals surface area contributed by atoms with Crippen molar-refractivity contribution in [1.82, 2.24) is 4.98 Å². The summed E-state index contributed by atoms with van der Waals surface area (Å²) in [7, 11) is 0. The highest BCUT2D eigenvalue weighted by atomic mass is 32.1. The molecule has 20 heavy (non-hydrogen) atoms. The molecule has 0 amide bonds. The largest absolute Gasteiger partial charge is 0.494 e. The van der Waals surface area contributed by atoms with E-state index in [9.17, 15) is 4.79 Å². The molecule has 0 aliphatic rings. The molecule has 0 saturated heterocycles. The molecule has 2 aromatic rings. The minimum atomic E-state index is -0.310. The number of carbonyl (C=O) groups excluding carboxylic acids is 1. The van der Waals surface area contributed by atoms with Crippen molar-refractivity contribution in [2.75, 3.05) is 13.2 Å². The molecule has 0 saturated carbocycles. The number of thiazole rings is 1. The number of esters is 1. The highest BCUT2D eigenvalue weighted by Crippen LogP contribution is 2.30. The predicted molar refractivity (Wildman–Crippen MR) is 79.4 cm³/mol. The van der Waals surface area contributed by atoms with Crippen LogP contribution in [0.25, 0.3) is 10.6 Å². The van der Waals surface area contributed by atoms with Crippen LogP contribution in [0.1, 0.15) is 29.2 Å². The number of ether oxygens (including phenoxy) is 2. The molecule has 0 aliphatic heterocycles. The van der Waals surface area contributed by atoms with Crippen molar-refractivity contribution < 1.29 is 14.3 Å². The normalized spacial score (nSPS) is 10.3. The molecule has 1 aromatic heterocycles. The maximum absolute atomic E-state index is 11.8. The van der Waals surface area contributed by atoms with Crippen molar-refractivity contribution in [3.63, 3.8) is 0 Å². The van der Waals surface area contributed by atoms with Gasteiger partial charge in [0.05, 0.1) is 18.9 Å². The van der Waals surface area contributed by atoms with Crippen LogP contribution in [-0.4, -0.2) is 24.2 Å². The third-order valence-electron chi connectivity index (χ3n) is 2.65. The lowest BCUT2D eigenvalue weighted by atomic mass is 10.2. The highest BCUT2D eigenvalue weighted by Gasteiger charge is 2.17. The summed E-state index contributed by atoms with van der Waals surface area (Å²) in [5.41, 5.74) is 1.64. The quantitative estimate of drug-likeness (QED) is 0.788. The molecule has 4 nitrogen and oxygen atoms in total. The number of rotatable bonds is 5. The van der Waals surface area contributed by atoms with Crippen molar-refractivity contribution >= 4 is 17.3 Å². The van der Waals surface area contributed by atoms with Crippen LogP contribution in [0.3, 0.4) is 0 Å². The van der Waals surface area contributed by atoms with Crippen LogP contribution in [-0.2, 0) is 4.74 Å². The van der Waals surface area contributed by atoms with Gasteiger partial charge >= 0.3 is 5.97 Å². The minimum absolute atomic E-state index is 0.310. The zero-order valence-corrected chi connectivity index (χ0v) is 12.6. The standard InChI is InChI=1S/C15H17NO3S/c1-4-18-12-8-6-7-11(9-12)14-16-10(3)13(20-14)15(17)19-5-2/h6-9H,4-5H2,1-3H3. The fraction of sp³-hybridized carbons (Fsp3) is 0.333.